The van der Waals surface area contributed by atoms with Crippen molar-refractivity contribution in [2.75, 3.05) is 52.8 Å². The van der Waals surface area contributed by atoms with Crippen molar-refractivity contribution < 1.29 is 63.2 Å². The molecule has 0 saturated carbocycles. The fraction of sp³-hybridized carbons (Fsp3) is 0.900. The Morgan fingerprint density at radius 1 is 0.591 bits per heavy atom. The number of aliphatic hydroxyl groups is 4. The maximum absolute atomic E-state index is 12.2. The Morgan fingerprint density at radius 2 is 0.909 bits per heavy atom. The van der Waals surface area contributed by atoms with Crippen LogP contribution in [0.15, 0.2) is 0 Å². The van der Waals surface area contributed by atoms with Gasteiger partial charge in [0.1, 0.15) is 29.0 Å². The number of carbonyl (C=O) groups excluding carboxylic acids is 3. The van der Waals surface area contributed by atoms with E-state index in [4.69, 9.17) is 33.5 Å². The average molecular weight is 640 g/mol. The molecule has 0 saturated heterocycles. The maximum atomic E-state index is 12.2. The van der Waals surface area contributed by atoms with Gasteiger partial charge >= 0.3 is 17.9 Å². The molecule has 14 nitrogen and oxygen atoms in total. The molecule has 0 aromatic carbocycles. The molecule has 0 heterocycles. The molecule has 0 spiro atoms. The topological polar surface area (TPSA) is 200 Å². The van der Waals surface area contributed by atoms with E-state index in [0.29, 0.717) is 0 Å². The molecule has 0 aliphatic carbocycles. The lowest BCUT2D eigenvalue weighted by Gasteiger charge is -2.36. The Balaban J connectivity index is 5.68. The minimum atomic E-state index is -1.67. The van der Waals surface area contributed by atoms with Crippen molar-refractivity contribution in [1.82, 2.24) is 5.32 Å². The Kier molecular flexibility index (Phi) is 18.7. The molecule has 0 rings (SSSR count). The molecule has 3 atom stereocenters. The van der Waals surface area contributed by atoms with Gasteiger partial charge in [-0.15, -0.1) is 0 Å². The summed E-state index contributed by atoms with van der Waals surface area (Å²) in [5.74, 6) is -1.39. The van der Waals surface area contributed by atoms with Crippen LogP contribution in [0.1, 0.15) is 81.6 Å². The summed E-state index contributed by atoms with van der Waals surface area (Å²) in [6.07, 6.45) is -4.90. The number of nitrogens with one attached hydrogen (secondary N) is 1. The zero-order valence-corrected chi connectivity index (χ0v) is 28.0. The molecule has 0 amide bonds. The Morgan fingerprint density at radius 3 is 1.18 bits per heavy atom. The molecule has 0 bridgehead atoms. The first-order valence-electron chi connectivity index (χ1n) is 14.9. The lowest BCUT2D eigenvalue weighted by atomic mass is 10.0. The van der Waals surface area contributed by atoms with E-state index in [1.807, 2.05) is 0 Å². The molecule has 5 N–H and O–H groups in total. The van der Waals surface area contributed by atoms with E-state index >= 15 is 0 Å². The van der Waals surface area contributed by atoms with Crippen LogP contribution in [-0.4, -0.2) is 132 Å². The van der Waals surface area contributed by atoms with E-state index in [0.717, 1.165) is 0 Å². The molecule has 260 valence electrons. The molecular weight excluding hydrogens is 582 g/mol. The van der Waals surface area contributed by atoms with E-state index in [1.54, 1.807) is 62.3 Å². The van der Waals surface area contributed by atoms with Crippen LogP contribution in [-0.2, 0) is 42.8 Å². The van der Waals surface area contributed by atoms with Crippen molar-refractivity contribution in [3.8, 4) is 0 Å². The van der Waals surface area contributed by atoms with Gasteiger partial charge < -0.3 is 54.2 Å². The fourth-order valence-electron chi connectivity index (χ4n) is 3.53. The molecule has 0 aromatic heterocycles. The fourth-order valence-corrected chi connectivity index (χ4v) is 3.53. The van der Waals surface area contributed by atoms with Crippen LogP contribution in [0.2, 0.25) is 0 Å². The monoisotopic (exact) mass is 639 g/mol. The number of rotatable bonds is 21. The van der Waals surface area contributed by atoms with Crippen LogP contribution in [0.25, 0.3) is 0 Å². The summed E-state index contributed by atoms with van der Waals surface area (Å²) in [7, 11) is 0. The first kappa shape index (κ1) is 42.1. The van der Waals surface area contributed by atoms with Crippen LogP contribution in [0.3, 0.4) is 0 Å². The summed E-state index contributed by atoms with van der Waals surface area (Å²) in [6.45, 7) is 14.2. The third-order valence-electron chi connectivity index (χ3n) is 5.41. The standard InChI is InChI=1S/C30H57NO13/c1-27(2,3)42-23(35)10-13-39-18-30(31-16-21(33)26(38)22(34)17-32,19-40-14-11-24(36)43-28(4,5)6)20-41-15-12-25(37)44-29(7,8)9/h21-22,26,31-34,38H,10-20H2,1-9H3. The third kappa shape index (κ3) is 21.7. The largest absolute Gasteiger partial charge is 0.460 e. The number of aliphatic hydroxyl groups excluding tert-OH is 4. The molecule has 0 radical (unpaired) electrons. The second-order valence-corrected chi connectivity index (χ2v) is 13.6. The number of hydrogen-bond acceptors (Lipinski definition) is 14. The van der Waals surface area contributed by atoms with Crippen LogP contribution < -0.4 is 5.32 Å². The molecule has 14 heteroatoms. The number of carbonyl (C=O) groups is 3. The van der Waals surface area contributed by atoms with Crippen molar-refractivity contribution >= 4 is 17.9 Å². The molecule has 0 aromatic rings. The van der Waals surface area contributed by atoms with Gasteiger partial charge in [0.05, 0.1) is 77.2 Å². The SMILES string of the molecule is CC(C)(C)OC(=O)CCOCC(COCCC(=O)OC(C)(C)C)(COCCC(=O)OC(C)(C)C)NCC(O)C(O)C(O)CO. The molecule has 0 aliphatic heterocycles. The first-order chi connectivity index (χ1) is 20.1. The second kappa shape index (κ2) is 19.6. The molecule has 0 fully saturated rings. The number of ether oxygens (including phenoxy) is 6. The highest BCUT2D eigenvalue weighted by atomic mass is 16.6. The first-order valence-corrected chi connectivity index (χ1v) is 14.9. The minimum absolute atomic E-state index is 0.0252. The van der Waals surface area contributed by atoms with Gasteiger partial charge in [0.25, 0.3) is 0 Å². The summed E-state index contributed by atoms with van der Waals surface area (Å²) < 4.78 is 33.3. The summed E-state index contributed by atoms with van der Waals surface area (Å²) in [6, 6.07) is 0. The number of hydrogen-bond donors (Lipinski definition) is 5. The number of β-amino-alcohol motifs (C(OH)–C–C–N with tert-alkyl or cyclic N) is 1. The van der Waals surface area contributed by atoms with Crippen molar-refractivity contribution in [3.05, 3.63) is 0 Å². The predicted molar refractivity (Wildman–Crippen MR) is 160 cm³/mol. The van der Waals surface area contributed by atoms with E-state index in [2.05, 4.69) is 5.32 Å². The van der Waals surface area contributed by atoms with E-state index in [1.165, 1.54) is 0 Å². The normalized spacial score (nSPS) is 14.9. The van der Waals surface area contributed by atoms with Crippen LogP contribution in [0.4, 0.5) is 0 Å². The van der Waals surface area contributed by atoms with Gasteiger partial charge in [-0.25, -0.2) is 0 Å². The van der Waals surface area contributed by atoms with Gasteiger partial charge in [-0.3, -0.25) is 14.4 Å². The van der Waals surface area contributed by atoms with Gasteiger partial charge in [0.15, 0.2) is 0 Å². The van der Waals surface area contributed by atoms with Crippen molar-refractivity contribution in [2.24, 2.45) is 0 Å². The van der Waals surface area contributed by atoms with Gasteiger partial charge in [0.2, 0.25) is 0 Å². The summed E-state index contributed by atoms with van der Waals surface area (Å²) in [4.78, 5) is 36.5. The van der Waals surface area contributed by atoms with Crippen LogP contribution in [0, 0.1) is 0 Å². The van der Waals surface area contributed by atoms with E-state index < -0.39 is 65.2 Å². The van der Waals surface area contributed by atoms with Crippen molar-refractivity contribution in [2.45, 2.75) is 122 Å². The van der Waals surface area contributed by atoms with Gasteiger partial charge in [0, 0.05) is 6.54 Å². The Labute approximate surface area is 261 Å². The zero-order valence-electron chi connectivity index (χ0n) is 28.0. The molecular formula is C30H57NO13. The quantitative estimate of drug-likeness (QED) is 0.0665. The molecule has 0 aliphatic rings. The lowest BCUT2D eigenvalue weighted by molar-refractivity contribution is -0.157. The van der Waals surface area contributed by atoms with E-state index in [9.17, 15) is 29.7 Å². The summed E-state index contributed by atoms with van der Waals surface area (Å²) in [5.41, 5.74) is -3.21. The van der Waals surface area contributed by atoms with Crippen molar-refractivity contribution in [3.63, 3.8) is 0 Å². The molecule has 44 heavy (non-hydrogen) atoms. The van der Waals surface area contributed by atoms with Gasteiger partial charge in [-0.2, -0.15) is 0 Å². The highest BCUT2D eigenvalue weighted by Crippen LogP contribution is 2.14. The summed E-state index contributed by atoms with van der Waals surface area (Å²) >= 11 is 0. The Hall–Kier alpha value is -1.91. The second-order valence-electron chi connectivity index (χ2n) is 13.6. The van der Waals surface area contributed by atoms with Crippen LogP contribution in [0.5, 0.6) is 0 Å². The Bertz CT molecular complexity index is 757. The lowest BCUT2D eigenvalue weighted by Crippen LogP contribution is -2.60. The minimum Gasteiger partial charge on any atom is -0.460 e. The summed E-state index contributed by atoms with van der Waals surface area (Å²) in [5, 5.41) is 42.5. The van der Waals surface area contributed by atoms with E-state index in [-0.39, 0.29) is 65.4 Å². The highest BCUT2D eigenvalue weighted by Gasteiger charge is 2.34. The van der Waals surface area contributed by atoms with Gasteiger partial charge in [-0.05, 0) is 62.3 Å². The van der Waals surface area contributed by atoms with Gasteiger partial charge in [-0.1, -0.05) is 0 Å². The number of esters is 3. The maximum Gasteiger partial charge on any atom is 0.308 e. The highest BCUT2D eigenvalue weighted by molar-refractivity contribution is 5.70. The third-order valence-corrected chi connectivity index (χ3v) is 5.41. The smallest absolute Gasteiger partial charge is 0.308 e. The average Bonchev–Trinajstić information content (AvgIpc) is 2.86. The van der Waals surface area contributed by atoms with Crippen molar-refractivity contribution in [1.29, 1.82) is 0 Å². The predicted octanol–water partition coefficient (Wildman–Crippen LogP) is 0.635. The van der Waals surface area contributed by atoms with Crippen LogP contribution >= 0.6 is 0 Å². The molecule has 3 unspecified atom stereocenters. The zero-order chi connectivity index (χ0) is 34.2.